The van der Waals surface area contributed by atoms with Crippen LogP contribution in [0.4, 0.5) is 10.1 Å². The van der Waals surface area contributed by atoms with Crippen molar-refractivity contribution in [2.24, 2.45) is 0 Å². The first-order valence-corrected chi connectivity index (χ1v) is 8.62. The SMILES string of the molecule is COc1ccc(NC(=O)c2cc(C#Cc3csc(C)n3)ccc2F)cc1. The third-order valence-corrected chi connectivity index (χ3v) is 4.29. The van der Waals surface area contributed by atoms with Crippen molar-refractivity contribution < 1.29 is 13.9 Å². The molecule has 3 aromatic rings. The van der Waals surface area contributed by atoms with Crippen molar-refractivity contribution in [1.29, 1.82) is 0 Å². The molecule has 6 heteroatoms. The van der Waals surface area contributed by atoms with Gasteiger partial charge in [0.1, 0.15) is 17.3 Å². The van der Waals surface area contributed by atoms with E-state index in [0.29, 0.717) is 22.7 Å². The van der Waals surface area contributed by atoms with Gasteiger partial charge in [-0.1, -0.05) is 5.92 Å². The lowest BCUT2D eigenvalue weighted by atomic mass is 10.1. The average molecular weight is 366 g/mol. The van der Waals surface area contributed by atoms with Crippen LogP contribution in [0.15, 0.2) is 47.8 Å². The molecule has 0 spiro atoms. The van der Waals surface area contributed by atoms with Gasteiger partial charge in [-0.3, -0.25) is 4.79 Å². The Morgan fingerprint density at radius 3 is 2.62 bits per heavy atom. The van der Waals surface area contributed by atoms with E-state index in [0.717, 1.165) is 5.01 Å². The number of hydrogen-bond donors (Lipinski definition) is 1. The minimum absolute atomic E-state index is 0.0675. The second-order valence-corrected chi connectivity index (χ2v) is 6.44. The number of aromatic nitrogens is 1. The molecule has 4 nitrogen and oxygen atoms in total. The van der Waals surface area contributed by atoms with Gasteiger partial charge >= 0.3 is 0 Å². The number of aryl methyl sites for hydroxylation is 1. The molecule has 0 aliphatic heterocycles. The summed E-state index contributed by atoms with van der Waals surface area (Å²) in [5.74, 6) is 5.34. The molecule has 3 rings (SSSR count). The summed E-state index contributed by atoms with van der Waals surface area (Å²) in [7, 11) is 1.56. The normalized spacial score (nSPS) is 9.96. The van der Waals surface area contributed by atoms with Crippen LogP contribution in [0.25, 0.3) is 0 Å². The van der Waals surface area contributed by atoms with Crippen LogP contribution in [-0.4, -0.2) is 18.0 Å². The Kier molecular flexibility index (Phi) is 5.30. The number of nitrogens with one attached hydrogen (secondary N) is 1. The van der Waals surface area contributed by atoms with E-state index in [9.17, 15) is 9.18 Å². The number of carbonyl (C=O) groups excluding carboxylic acids is 1. The number of anilines is 1. The van der Waals surface area contributed by atoms with Gasteiger partial charge in [0, 0.05) is 16.6 Å². The minimum atomic E-state index is -0.605. The second kappa shape index (κ2) is 7.81. The summed E-state index contributed by atoms with van der Waals surface area (Å²) in [5.41, 5.74) is 1.67. The molecule has 0 fully saturated rings. The van der Waals surface area contributed by atoms with Gasteiger partial charge in [-0.15, -0.1) is 11.3 Å². The zero-order valence-electron chi connectivity index (χ0n) is 14.2. The predicted octanol–water partition coefficient (Wildman–Crippen LogP) is 4.25. The first-order valence-electron chi connectivity index (χ1n) is 7.74. The van der Waals surface area contributed by atoms with E-state index in [2.05, 4.69) is 22.1 Å². The molecule has 1 N–H and O–H groups in total. The van der Waals surface area contributed by atoms with Crippen LogP contribution >= 0.6 is 11.3 Å². The Morgan fingerprint density at radius 1 is 1.19 bits per heavy atom. The largest absolute Gasteiger partial charge is 0.497 e. The van der Waals surface area contributed by atoms with Gasteiger partial charge in [-0.25, -0.2) is 9.37 Å². The zero-order chi connectivity index (χ0) is 18.5. The first-order chi connectivity index (χ1) is 12.5. The quantitative estimate of drug-likeness (QED) is 0.705. The molecular formula is C20H15FN2O2S. The van der Waals surface area contributed by atoms with Crippen LogP contribution in [0.3, 0.4) is 0 Å². The van der Waals surface area contributed by atoms with Crippen molar-refractivity contribution in [3.63, 3.8) is 0 Å². The summed E-state index contributed by atoms with van der Waals surface area (Å²) in [4.78, 5) is 16.6. The highest BCUT2D eigenvalue weighted by Crippen LogP contribution is 2.17. The Bertz CT molecular complexity index is 1000. The Balaban J connectivity index is 1.80. The molecular weight excluding hydrogens is 351 g/mol. The third-order valence-electron chi connectivity index (χ3n) is 3.51. The summed E-state index contributed by atoms with van der Waals surface area (Å²) >= 11 is 1.51. The maximum atomic E-state index is 14.1. The van der Waals surface area contributed by atoms with E-state index in [1.807, 2.05) is 12.3 Å². The number of ether oxygens (including phenoxy) is 1. The number of benzene rings is 2. The monoisotopic (exact) mass is 366 g/mol. The number of methoxy groups -OCH3 is 1. The Morgan fingerprint density at radius 2 is 1.96 bits per heavy atom. The molecule has 0 unspecified atom stereocenters. The molecule has 0 radical (unpaired) electrons. The molecule has 0 aliphatic rings. The Hall–Kier alpha value is -3.17. The number of rotatable bonds is 3. The van der Waals surface area contributed by atoms with Crippen molar-refractivity contribution in [2.75, 3.05) is 12.4 Å². The second-order valence-electron chi connectivity index (χ2n) is 5.38. The highest BCUT2D eigenvalue weighted by molar-refractivity contribution is 7.09. The summed E-state index contributed by atoms with van der Waals surface area (Å²) in [6.07, 6.45) is 0. The van der Waals surface area contributed by atoms with Crippen LogP contribution in [-0.2, 0) is 0 Å². The van der Waals surface area contributed by atoms with E-state index < -0.39 is 11.7 Å². The maximum absolute atomic E-state index is 14.1. The molecule has 26 heavy (non-hydrogen) atoms. The van der Waals surface area contributed by atoms with Gasteiger partial charge < -0.3 is 10.1 Å². The molecule has 0 aliphatic carbocycles. The number of nitrogens with zero attached hydrogens (tertiary/aromatic N) is 1. The first kappa shape index (κ1) is 17.6. The minimum Gasteiger partial charge on any atom is -0.497 e. The summed E-state index contributed by atoms with van der Waals surface area (Å²) in [5, 5.41) is 5.44. The van der Waals surface area contributed by atoms with E-state index in [1.165, 1.54) is 29.5 Å². The molecule has 0 saturated heterocycles. The van der Waals surface area contributed by atoms with Gasteiger partial charge in [-0.2, -0.15) is 0 Å². The maximum Gasteiger partial charge on any atom is 0.258 e. The van der Waals surface area contributed by atoms with Crippen LogP contribution in [0, 0.1) is 24.6 Å². The summed E-state index contributed by atoms with van der Waals surface area (Å²) < 4.78 is 19.1. The van der Waals surface area contributed by atoms with E-state index in [1.54, 1.807) is 31.4 Å². The number of amides is 1. The number of hydrogen-bond acceptors (Lipinski definition) is 4. The smallest absolute Gasteiger partial charge is 0.258 e. The zero-order valence-corrected chi connectivity index (χ0v) is 15.0. The summed E-state index contributed by atoms with van der Waals surface area (Å²) in [6.45, 7) is 1.90. The fraction of sp³-hybridized carbons (Fsp3) is 0.100. The fourth-order valence-corrected chi connectivity index (χ4v) is 2.75. The van der Waals surface area contributed by atoms with E-state index in [4.69, 9.17) is 4.74 Å². The molecule has 1 heterocycles. The van der Waals surface area contributed by atoms with Crippen molar-refractivity contribution in [3.05, 3.63) is 75.5 Å². The van der Waals surface area contributed by atoms with Crippen LogP contribution in [0.2, 0.25) is 0 Å². The molecule has 1 aromatic heterocycles. The van der Waals surface area contributed by atoms with Crippen molar-refractivity contribution in [3.8, 4) is 17.6 Å². The average Bonchev–Trinajstić information content (AvgIpc) is 3.07. The number of carbonyl (C=O) groups is 1. The molecule has 0 saturated carbocycles. The van der Waals surface area contributed by atoms with Crippen molar-refractivity contribution >= 4 is 22.9 Å². The highest BCUT2D eigenvalue weighted by atomic mass is 32.1. The van der Waals surface area contributed by atoms with E-state index >= 15 is 0 Å². The van der Waals surface area contributed by atoms with Crippen molar-refractivity contribution in [1.82, 2.24) is 4.98 Å². The molecule has 0 bridgehead atoms. The number of thiazole rings is 1. The molecule has 2 aromatic carbocycles. The van der Waals surface area contributed by atoms with Gasteiger partial charge in [0.2, 0.25) is 0 Å². The standard InChI is InChI=1S/C20H15FN2O2S/c1-13-22-16(12-26-13)5-3-14-4-10-19(21)18(11-14)20(24)23-15-6-8-17(25-2)9-7-15/h4,6-12H,1-2H3,(H,23,24). The number of halogens is 1. The van der Waals surface area contributed by atoms with Crippen LogP contribution in [0.1, 0.15) is 26.6 Å². The predicted molar refractivity (Wildman–Crippen MR) is 100 cm³/mol. The Labute approximate surface area is 154 Å². The van der Waals surface area contributed by atoms with Crippen LogP contribution in [0.5, 0.6) is 5.75 Å². The lowest BCUT2D eigenvalue weighted by molar-refractivity contribution is 0.102. The third kappa shape index (κ3) is 4.26. The lowest BCUT2D eigenvalue weighted by Gasteiger charge is -2.07. The fourth-order valence-electron chi connectivity index (χ4n) is 2.21. The van der Waals surface area contributed by atoms with Gasteiger partial charge in [0.05, 0.1) is 17.7 Å². The summed E-state index contributed by atoms with van der Waals surface area (Å²) in [6, 6.07) is 11.0. The van der Waals surface area contributed by atoms with Crippen LogP contribution < -0.4 is 10.1 Å². The topological polar surface area (TPSA) is 51.2 Å². The molecule has 1 amide bonds. The molecule has 0 atom stereocenters. The van der Waals surface area contributed by atoms with E-state index in [-0.39, 0.29) is 5.56 Å². The van der Waals surface area contributed by atoms with Gasteiger partial charge in [0.25, 0.3) is 5.91 Å². The highest BCUT2D eigenvalue weighted by Gasteiger charge is 2.12. The lowest BCUT2D eigenvalue weighted by Crippen LogP contribution is -2.14. The van der Waals surface area contributed by atoms with Gasteiger partial charge in [-0.05, 0) is 55.3 Å². The van der Waals surface area contributed by atoms with Gasteiger partial charge in [0.15, 0.2) is 0 Å². The molecule has 130 valence electrons. The van der Waals surface area contributed by atoms with Crippen molar-refractivity contribution in [2.45, 2.75) is 6.92 Å².